The van der Waals surface area contributed by atoms with Gasteiger partial charge in [-0.1, -0.05) is 30.4 Å². The molecule has 0 N–H and O–H groups in total. The molecular formula is C20H28N2O2. The number of ether oxygens (including phenoxy) is 1. The van der Waals surface area contributed by atoms with Gasteiger partial charge in [0.2, 0.25) is 0 Å². The maximum atomic E-state index is 13.0. The summed E-state index contributed by atoms with van der Waals surface area (Å²) in [6.07, 6.45) is 7.94. The topological polar surface area (TPSA) is 32.8 Å². The summed E-state index contributed by atoms with van der Waals surface area (Å²) in [5, 5.41) is 0. The standard InChI is InChI=1S/C20H28N2O2/c23-20(19-9-5-2-6-10-19)22(17-18-7-3-1-4-8-18)12-11-21-13-15-24-16-14-21/h1-3,5-6,9-10,18H,4,7-8,11-17H2. The third-order valence-electron chi connectivity index (χ3n) is 4.95. The number of rotatable bonds is 6. The van der Waals surface area contributed by atoms with Gasteiger partial charge in [-0.05, 0) is 37.3 Å². The fraction of sp³-hybridized carbons (Fsp3) is 0.550. The summed E-state index contributed by atoms with van der Waals surface area (Å²) in [6, 6.07) is 9.68. The molecule has 2 aliphatic rings. The molecule has 1 heterocycles. The van der Waals surface area contributed by atoms with Gasteiger partial charge < -0.3 is 9.64 Å². The molecule has 0 spiro atoms. The van der Waals surface area contributed by atoms with Gasteiger partial charge in [0, 0.05) is 38.3 Å². The highest BCUT2D eigenvalue weighted by molar-refractivity contribution is 5.94. The van der Waals surface area contributed by atoms with Crippen molar-refractivity contribution < 1.29 is 9.53 Å². The average molecular weight is 328 g/mol. The van der Waals surface area contributed by atoms with Crippen molar-refractivity contribution in [2.75, 3.05) is 45.9 Å². The van der Waals surface area contributed by atoms with Gasteiger partial charge >= 0.3 is 0 Å². The Morgan fingerprint density at radius 1 is 1.17 bits per heavy atom. The van der Waals surface area contributed by atoms with Gasteiger partial charge in [0.05, 0.1) is 13.2 Å². The van der Waals surface area contributed by atoms with Crippen LogP contribution in [0.1, 0.15) is 29.6 Å². The summed E-state index contributed by atoms with van der Waals surface area (Å²) in [6.45, 7) is 6.15. The number of hydrogen-bond acceptors (Lipinski definition) is 3. The van der Waals surface area contributed by atoms with Crippen molar-refractivity contribution in [1.82, 2.24) is 9.80 Å². The molecule has 1 fully saturated rings. The van der Waals surface area contributed by atoms with E-state index >= 15 is 0 Å². The zero-order chi connectivity index (χ0) is 16.6. The molecule has 1 atom stereocenters. The summed E-state index contributed by atoms with van der Waals surface area (Å²) in [5.74, 6) is 0.755. The molecule has 1 aliphatic heterocycles. The predicted octanol–water partition coefficient (Wildman–Crippen LogP) is 2.82. The first-order valence-corrected chi connectivity index (χ1v) is 9.12. The van der Waals surface area contributed by atoms with Gasteiger partial charge in [0.1, 0.15) is 0 Å². The Hall–Kier alpha value is -1.65. The molecule has 3 rings (SSSR count). The molecule has 0 bridgehead atoms. The smallest absolute Gasteiger partial charge is 0.253 e. The monoisotopic (exact) mass is 328 g/mol. The Labute approximate surface area is 145 Å². The molecule has 4 heteroatoms. The Morgan fingerprint density at radius 3 is 2.67 bits per heavy atom. The molecule has 0 radical (unpaired) electrons. The summed E-state index contributed by atoms with van der Waals surface area (Å²) < 4.78 is 5.41. The molecule has 1 aromatic carbocycles. The summed E-state index contributed by atoms with van der Waals surface area (Å²) in [5.41, 5.74) is 0.797. The molecule has 4 nitrogen and oxygen atoms in total. The van der Waals surface area contributed by atoms with Crippen molar-refractivity contribution in [3.8, 4) is 0 Å². The third kappa shape index (κ3) is 4.92. The van der Waals surface area contributed by atoms with E-state index in [2.05, 4.69) is 22.0 Å². The minimum absolute atomic E-state index is 0.165. The number of carbonyl (C=O) groups is 1. The number of amides is 1. The van der Waals surface area contributed by atoms with Gasteiger partial charge in [0.15, 0.2) is 0 Å². The van der Waals surface area contributed by atoms with E-state index in [-0.39, 0.29) is 5.91 Å². The fourth-order valence-electron chi connectivity index (χ4n) is 3.46. The molecule has 1 aromatic rings. The van der Waals surface area contributed by atoms with Crippen LogP contribution in [0.4, 0.5) is 0 Å². The van der Waals surface area contributed by atoms with Gasteiger partial charge in [-0.15, -0.1) is 0 Å². The lowest BCUT2D eigenvalue weighted by Gasteiger charge is -2.32. The van der Waals surface area contributed by atoms with Gasteiger partial charge in [-0.3, -0.25) is 9.69 Å². The summed E-state index contributed by atoms with van der Waals surface area (Å²) >= 11 is 0. The van der Waals surface area contributed by atoms with E-state index in [4.69, 9.17) is 4.74 Å². The van der Waals surface area contributed by atoms with E-state index in [9.17, 15) is 4.79 Å². The zero-order valence-corrected chi connectivity index (χ0v) is 14.4. The molecule has 1 aliphatic carbocycles. The second-order valence-corrected chi connectivity index (χ2v) is 6.72. The van der Waals surface area contributed by atoms with Crippen LogP contribution in [-0.2, 0) is 4.74 Å². The van der Waals surface area contributed by atoms with Gasteiger partial charge in [-0.25, -0.2) is 0 Å². The number of morpholine rings is 1. The van der Waals surface area contributed by atoms with E-state index < -0.39 is 0 Å². The number of carbonyl (C=O) groups excluding carboxylic acids is 1. The lowest BCUT2D eigenvalue weighted by Crippen LogP contribution is -2.44. The van der Waals surface area contributed by atoms with Crippen LogP contribution in [0.15, 0.2) is 42.5 Å². The maximum Gasteiger partial charge on any atom is 0.253 e. The normalized spacial score (nSPS) is 21.6. The van der Waals surface area contributed by atoms with Crippen LogP contribution in [-0.4, -0.2) is 61.6 Å². The first-order chi connectivity index (χ1) is 11.8. The highest BCUT2D eigenvalue weighted by Crippen LogP contribution is 2.20. The average Bonchev–Trinajstić information content (AvgIpc) is 2.67. The Bertz CT molecular complexity index is 538. The van der Waals surface area contributed by atoms with Crippen molar-refractivity contribution in [2.24, 2.45) is 5.92 Å². The largest absolute Gasteiger partial charge is 0.379 e. The van der Waals surface area contributed by atoms with E-state index in [1.165, 1.54) is 6.42 Å². The minimum atomic E-state index is 0.165. The Kier molecular flexibility index (Phi) is 6.44. The van der Waals surface area contributed by atoms with Crippen LogP contribution in [0.2, 0.25) is 0 Å². The molecule has 0 aromatic heterocycles. The van der Waals surface area contributed by atoms with E-state index in [1.807, 2.05) is 30.3 Å². The summed E-state index contributed by atoms with van der Waals surface area (Å²) in [4.78, 5) is 17.4. The first-order valence-electron chi connectivity index (χ1n) is 9.12. The molecule has 130 valence electrons. The highest BCUT2D eigenvalue weighted by atomic mass is 16.5. The maximum absolute atomic E-state index is 13.0. The van der Waals surface area contributed by atoms with E-state index in [1.54, 1.807) is 0 Å². The van der Waals surface area contributed by atoms with Crippen molar-refractivity contribution in [3.05, 3.63) is 48.0 Å². The SMILES string of the molecule is O=C(c1ccccc1)N(CCN1CCOCC1)CC1CC=CCC1. The Balaban J connectivity index is 1.62. The lowest BCUT2D eigenvalue weighted by molar-refractivity contribution is 0.0315. The van der Waals surface area contributed by atoms with E-state index in [0.717, 1.165) is 64.3 Å². The number of allylic oxidation sites excluding steroid dienone is 2. The Morgan fingerprint density at radius 2 is 1.96 bits per heavy atom. The van der Waals surface area contributed by atoms with Gasteiger partial charge in [-0.2, -0.15) is 0 Å². The van der Waals surface area contributed by atoms with Crippen molar-refractivity contribution in [2.45, 2.75) is 19.3 Å². The minimum Gasteiger partial charge on any atom is -0.379 e. The highest BCUT2D eigenvalue weighted by Gasteiger charge is 2.21. The number of hydrogen-bond donors (Lipinski definition) is 0. The van der Waals surface area contributed by atoms with Crippen LogP contribution >= 0.6 is 0 Å². The zero-order valence-electron chi connectivity index (χ0n) is 14.4. The van der Waals surface area contributed by atoms with Crippen LogP contribution < -0.4 is 0 Å². The molecule has 24 heavy (non-hydrogen) atoms. The predicted molar refractivity (Wildman–Crippen MR) is 96.1 cm³/mol. The second-order valence-electron chi connectivity index (χ2n) is 6.72. The van der Waals surface area contributed by atoms with Gasteiger partial charge in [0.25, 0.3) is 5.91 Å². The van der Waals surface area contributed by atoms with Crippen LogP contribution in [0.25, 0.3) is 0 Å². The fourth-order valence-corrected chi connectivity index (χ4v) is 3.46. The molecule has 1 unspecified atom stereocenters. The summed E-state index contributed by atoms with van der Waals surface area (Å²) in [7, 11) is 0. The quantitative estimate of drug-likeness (QED) is 0.753. The first kappa shape index (κ1) is 17.2. The number of benzene rings is 1. The van der Waals surface area contributed by atoms with Crippen molar-refractivity contribution >= 4 is 5.91 Å². The molecular weight excluding hydrogens is 300 g/mol. The van der Waals surface area contributed by atoms with Crippen molar-refractivity contribution in [3.63, 3.8) is 0 Å². The second kappa shape index (κ2) is 9.00. The molecule has 1 saturated heterocycles. The van der Waals surface area contributed by atoms with Crippen molar-refractivity contribution in [1.29, 1.82) is 0 Å². The third-order valence-corrected chi connectivity index (χ3v) is 4.95. The van der Waals surface area contributed by atoms with E-state index in [0.29, 0.717) is 5.92 Å². The lowest BCUT2D eigenvalue weighted by atomic mass is 9.93. The van der Waals surface area contributed by atoms with Crippen LogP contribution in [0.3, 0.4) is 0 Å². The van der Waals surface area contributed by atoms with Crippen LogP contribution in [0, 0.1) is 5.92 Å². The van der Waals surface area contributed by atoms with Crippen LogP contribution in [0.5, 0.6) is 0 Å². The molecule has 0 saturated carbocycles. The molecule has 1 amide bonds. The number of nitrogens with zero attached hydrogens (tertiary/aromatic N) is 2.